The van der Waals surface area contributed by atoms with E-state index in [1.54, 1.807) is 43.8 Å². The Morgan fingerprint density at radius 1 is 1.15 bits per heavy atom. The van der Waals surface area contributed by atoms with Crippen LogP contribution in [0.4, 0.5) is 30.6 Å². The Kier molecular flexibility index (Phi) is 10.0. The van der Waals surface area contributed by atoms with Crippen molar-refractivity contribution in [2.75, 3.05) is 29.1 Å². The summed E-state index contributed by atoms with van der Waals surface area (Å²) in [5.74, 6) is 0.934. The van der Waals surface area contributed by atoms with E-state index in [-0.39, 0.29) is 23.9 Å². The van der Waals surface area contributed by atoms with Gasteiger partial charge in [0.05, 0.1) is 11.3 Å². The van der Waals surface area contributed by atoms with Gasteiger partial charge in [0.25, 0.3) is 5.91 Å². The molecule has 0 radical (unpaired) electrons. The van der Waals surface area contributed by atoms with Crippen LogP contribution in [0.2, 0.25) is 0 Å². The van der Waals surface area contributed by atoms with Crippen molar-refractivity contribution < 1.29 is 18.0 Å². The maximum atomic E-state index is 13.2. The minimum absolute atomic E-state index is 0.00335. The molecule has 8 nitrogen and oxygen atoms in total. The van der Waals surface area contributed by atoms with E-state index in [1.165, 1.54) is 11.9 Å². The molecule has 2 aromatic heterocycles. The monoisotopic (exact) mass is 605 g/mol. The van der Waals surface area contributed by atoms with Gasteiger partial charge in [-0.05, 0) is 68.8 Å². The summed E-state index contributed by atoms with van der Waals surface area (Å²) in [4.78, 5) is 30.7. The van der Waals surface area contributed by atoms with Crippen molar-refractivity contribution in [1.82, 2.24) is 24.8 Å². The van der Waals surface area contributed by atoms with E-state index in [2.05, 4.69) is 49.4 Å². The van der Waals surface area contributed by atoms with E-state index in [0.29, 0.717) is 42.3 Å². The third-order valence-electron chi connectivity index (χ3n) is 7.18. The van der Waals surface area contributed by atoms with Gasteiger partial charge >= 0.3 is 6.18 Å². The molecule has 220 valence electrons. The molecule has 41 heavy (non-hydrogen) atoms. The zero-order valence-electron chi connectivity index (χ0n) is 23.4. The van der Waals surface area contributed by atoms with E-state index in [0.717, 1.165) is 36.2 Å². The highest BCUT2D eigenvalue weighted by Crippen LogP contribution is 2.33. The Labute approximate surface area is 248 Å². The minimum Gasteiger partial charge on any atom is -0.336 e. The average molecular weight is 606 g/mol. The Morgan fingerprint density at radius 2 is 1.93 bits per heavy atom. The van der Waals surface area contributed by atoms with Crippen molar-refractivity contribution in [1.29, 1.82) is 0 Å². The molecule has 1 unspecified atom stereocenters. The molecule has 2 aliphatic rings. The lowest BCUT2D eigenvalue weighted by Gasteiger charge is -2.41. The molecule has 13 heteroatoms. The number of halogens is 3. The van der Waals surface area contributed by atoms with Gasteiger partial charge in [-0.25, -0.2) is 15.0 Å². The number of carbonyl (C=O) groups excluding carboxylic acids is 1. The molecule has 2 atom stereocenters. The molecule has 0 spiro atoms. The molecule has 4 heterocycles. The lowest BCUT2D eigenvalue weighted by Crippen LogP contribution is -2.50. The zero-order chi connectivity index (χ0) is 29.7. The number of fused-ring (bicyclic) bond motifs is 1. The van der Waals surface area contributed by atoms with Gasteiger partial charge in [0.2, 0.25) is 5.95 Å². The molecular weight excluding hydrogens is 571 g/mol. The maximum Gasteiger partial charge on any atom is 0.416 e. The molecule has 0 aliphatic carbocycles. The molecule has 5 rings (SSSR count). The highest BCUT2D eigenvalue weighted by Gasteiger charge is 2.35. The Bertz CT molecular complexity index is 1370. The van der Waals surface area contributed by atoms with Crippen molar-refractivity contribution in [3.63, 3.8) is 0 Å². The lowest BCUT2D eigenvalue weighted by molar-refractivity contribution is -0.137. The summed E-state index contributed by atoms with van der Waals surface area (Å²) in [5, 5.41) is 2.94. The van der Waals surface area contributed by atoms with Gasteiger partial charge in [-0.3, -0.25) is 9.69 Å². The number of nitrogens with one attached hydrogen (secondary N) is 2. The highest BCUT2D eigenvalue weighted by atomic mass is 32.2. The minimum atomic E-state index is -4.42. The first-order valence-electron chi connectivity index (χ1n) is 13.2. The molecule has 2 aliphatic heterocycles. The molecule has 2 N–H and O–H groups in total. The first kappa shape index (κ1) is 30.9. The summed E-state index contributed by atoms with van der Waals surface area (Å²) in [6.07, 6.45) is 4.24. The molecule has 1 aromatic carbocycles. The number of anilines is 3. The van der Waals surface area contributed by atoms with Crippen LogP contribution in [0.15, 0.2) is 42.7 Å². The van der Waals surface area contributed by atoms with Crippen LogP contribution in [0.5, 0.6) is 0 Å². The molecule has 3 aromatic rings. The lowest BCUT2D eigenvalue weighted by atomic mass is 9.96. The molecule has 0 saturated carbocycles. The van der Waals surface area contributed by atoms with Crippen molar-refractivity contribution in [2.24, 2.45) is 0 Å². The second-order valence-electron chi connectivity index (χ2n) is 10.0. The van der Waals surface area contributed by atoms with Crippen LogP contribution < -0.4 is 10.0 Å². The fourth-order valence-electron chi connectivity index (χ4n) is 5.32. The number of likely N-dealkylation sites (tertiary alicyclic amines) is 1. The number of hydrogen-bond donors (Lipinski definition) is 3. The van der Waals surface area contributed by atoms with Crippen molar-refractivity contribution in [3.05, 3.63) is 70.7 Å². The second kappa shape index (κ2) is 13.3. The molecule has 1 amide bonds. The van der Waals surface area contributed by atoms with Crippen molar-refractivity contribution in [3.8, 4) is 0 Å². The van der Waals surface area contributed by atoms with Crippen LogP contribution in [-0.4, -0.2) is 61.8 Å². The van der Waals surface area contributed by atoms with E-state index in [9.17, 15) is 18.0 Å². The van der Waals surface area contributed by atoms with Gasteiger partial charge in [0.1, 0.15) is 5.82 Å². The summed E-state index contributed by atoms with van der Waals surface area (Å²) in [7, 11) is 0. The summed E-state index contributed by atoms with van der Waals surface area (Å²) < 4.78 is 42.7. The van der Waals surface area contributed by atoms with Gasteiger partial charge in [-0.2, -0.15) is 25.8 Å². The summed E-state index contributed by atoms with van der Waals surface area (Å²) in [5.41, 5.74) is 2.59. The van der Waals surface area contributed by atoms with Gasteiger partial charge in [0, 0.05) is 67.2 Å². The summed E-state index contributed by atoms with van der Waals surface area (Å²) in [6, 6.07) is 7.70. The number of aromatic nitrogens is 3. The summed E-state index contributed by atoms with van der Waals surface area (Å²) in [6.45, 7) is 5.69. The van der Waals surface area contributed by atoms with Crippen LogP contribution in [0.3, 0.4) is 0 Å². The van der Waals surface area contributed by atoms with Crippen LogP contribution in [0, 0.1) is 6.92 Å². The largest absolute Gasteiger partial charge is 0.416 e. The fraction of sp³-hybridized carbons (Fsp3) is 0.429. The third kappa shape index (κ3) is 7.44. The first-order chi connectivity index (χ1) is 19.6. The van der Waals surface area contributed by atoms with Gasteiger partial charge in [0.15, 0.2) is 0 Å². The number of carbonyl (C=O) groups is 1. The van der Waals surface area contributed by atoms with Crippen molar-refractivity contribution >= 4 is 47.9 Å². The van der Waals surface area contributed by atoms with Gasteiger partial charge < -0.3 is 14.9 Å². The standard InChI is InChI=1S/C27H30F3N7OS.CH4S/c1-16-8-20(27(28,29)30)12-21(9-16)33-26-32-13-19-14-36(15-23(19)34-26)22-5-7-37(17(2)10-22)25(38)18-4-6-31-24(11-18)35-39-3;1-2/h4,6,8-9,11-13,17,22H,5,7,10,14-15H2,1-3H3,(H,31,35)(H,32,33,34);2H,1H3/t17-,22?;/m1./s1. The molecule has 1 saturated heterocycles. The third-order valence-corrected chi connectivity index (χ3v) is 7.59. The summed E-state index contributed by atoms with van der Waals surface area (Å²) >= 11 is 4.95. The van der Waals surface area contributed by atoms with Gasteiger partial charge in [-0.15, -0.1) is 0 Å². The van der Waals surface area contributed by atoms with Crippen LogP contribution >= 0.6 is 24.6 Å². The number of aryl methyl sites for hydroxylation is 1. The van der Waals surface area contributed by atoms with E-state index in [4.69, 9.17) is 0 Å². The molecule has 0 bridgehead atoms. The Balaban J connectivity index is 0.00000189. The Hall–Kier alpha value is -3.03. The fourth-order valence-corrected chi connectivity index (χ4v) is 5.64. The topological polar surface area (TPSA) is 86.3 Å². The first-order valence-corrected chi connectivity index (χ1v) is 15.3. The quantitative estimate of drug-likeness (QED) is 0.227. The normalized spacial score (nSPS) is 18.8. The number of pyridine rings is 1. The predicted molar refractivity (Wildman–Crippen MR) is 161 cm³/mol. The highest BCUT2D eigenvalue weighted by molar-refractivity contribution is 7.99. The number of thiol groups is 1. The van der Waals surface area contributed by atoms with Crippen molar-refractivity contribution in [2.45, 2.75) is 58.0 Å². The molecular formula is C28H34F3N7OS2. The number of piperidine rings is 1. The predicted octanol–water partition coefficient (Wildman–Crippen LogP) is 6.19. The number of benzene rings is 1. The van der Waals surface area contributed by atoms with E-state index in [1.807, 2.05) is 11.2 Å². The van der Waals surface area contributed by atoms with Crippen LogP contribution in [0.1, 0.15) is 52.5 Å². The SMILES string of the molecule is CS.CSNc1cc(C(=O)N2CCC(N3Cc4cnc(Nc5cc(C)cc(C(F)(F)F)c5)nc4C3)C[C@H]2C)ccn1. The molecule has 1 fully saturated rings. The number of alkyl halides is 3. The number of hydrogen-bond acceptors (Lipinski definition) is 9. The number of amides is 1. The van der Waals surface area contributed by atoms with E-state index < -0.39 is 11.7 Å². The maximum absolute atomic E-state index is 13.2. The Morgan fingerprint density at radius 3 is 2.63 bits per heavy atom. The van der Waals surface area contributed by atoms with Gasteiger partial charge in [-0.1, -0.05) is 11.9 Å². The van der Waals surface area contributed by atoms with Crippen LogP contribution in [-0.2, 0) is 19.3 Å². The van der Waals surface area contributed by atoms with E-state index >= 15 is 0 Å². The smallest absolute Gasteiger partial charge is 0.336 e. The number of nitrogens with zero attached hydrogens (tertiary/aromatic N) is 5. The van der Waals surface area contributed by atoms with Crippen LogP contribution in [0.25, 0.3) is 0 Å². The number of rotatable bonds is 6. The second-order valence-corrected chi connectivity index (χ2v) is 10.7. The zero-order valence-corrected chi connectivity index (χ0v) is 25.1. The average Bonchev–Trinajstić information content (AvgIpc) is 3.37.